The maximum Gasteiger partial charge on any atom is 0.262 e. The molecule has 2 heterocycles. The summed E-state index contributed by atoms with van der Waals surface area (Å²) in [6.07, 6.45) is 1.45. The molecule has 41 heavy (non-hydrogen) atoms. The van der Waals surface area contributed by atoms with Crippen LogP contribution in [-0.4, -0.2) is 48.0 Å². The van der Waals surface area contributed by atoms with Crippen LogP contribution in [0.5, 0.6) is 11.6 Å². The molecule has 0 bridgehead atoms. The van der Waals surface area contributed by atoms with Gasteiger partial charge in [0.15, 0.2) is 0 Å². The second-order valence-corrected chi connectivity index (χ2v) is 9.85. The fraction of sp³-hybridized carbons (Fsp3) is 0.226. The van der Waals surface area contributed by atoms with E-state index in [0.29, 0.717) is 11.4 Å². The number of benzene rings is 3. The molecule has 2 amide bonds. The van der Waals surface area contributed by atoms with Crippen LogP contribution in [0.15, 0.2) is 72.9 Å². The van der Waals surface area contributed by atoms with Crippen LogP contribution >= 0.6 is 0 Å². The molecule has 0 unspecified atom stereocenters. The molecule has 0 aliphatic carbocycles. The van der Waals surface area contributed by atoms with Crippen molar-refractivity contribution in [3.8, 4) is 11.6 Å². The zero-order chi connectivity index (χ0) is 28.8. The van der Waals surface area contributed by atoms with Crippen LogP contribution in [0.1, 0.15) is 28.4 Å². The summed E-state index contributed by atoms with van der Waals surface area (Å²) < 4.78 is 6.09. The van der Waals surface area contributed by atoms with E-state index in [1.165, 1.54) is 13.1 Å². The average molecular weight is 552 g/mol. The smallest absolute Gasteiger partial charge is 0.262 e. The van der Waals surface area contributed by atoms with E-state index < -0.39 is 0 Å². The summed E-state index contributed by atoms with van der Waals surface area (Å²) in [6.45, 7) is 9.19. The minimum atomic E-state index is -0.390. The van der Waals surface area contributed by atoms with Gasteiger partial charge in [0.25, 0.3) is 5.91 Å². The number of para-hydroxylation sites is 1. The van der Waals surface area contributed by atoms with Gasteiger partial charge in [0, 0.05) is 62.0 Å². The Kier molecular flexibility index (Phi) is 8.40. The van der Waals surface area contributed by atoms with E-state index in [4.69, 9.17) is 4.74 Å². The molecule has 1 aliphatic heterocycles. The van der Waals surface area contributed by atoms with Crippen molar-refractivity contribution in [2.75, 3.05) is 47.0 Å². The van der Waals surface area contributed by atoms with Gasteiger partial charge in [0.1, 0.15) is 11.3 Å². The monoisotopic (exact) mass is 551 g/mol. The van der Waals surface area contributed by atoms with Gasteiger partial charge in [-0.05, 0) is 73.5 Å². The predicted octanol–water partition coefficient (Wildman–Crippen LogP) is 5.25. The first-order chi connectivity index (χ1) is 19.9. The summed E-state index contributed by atoms with van der Waals surface area (Å²) in [6, 6.07) is 20.7. The van der Waals surface area contributed by atoms with E-state index in [9.17, 15) is 9.59 Å². The van der Waals surface area contributed by atoms with Crippen molar-refractivity contribution >= 4 is 40.5 Å². The molecule has 4 aromatic rings. The predicted molar refractivity (Wildman–Crippen MR) is 162 cm³/mol. The summed E-state index contributed by atoms with van der Waals surface area (Å²) in [4.78, 5) is 36.1. The van der Waals surface area contributed by atoms with E-state index in [1.54, 1.807) is 24.3 Å². The van der Waals surface area contributed by atoms with Crippen LogP contribution in [0.25, 0.3) is 0 Å². The number of hydrogen-bond donors (Lipinski definition) is 4. The molecule has 0 spiro atoms. The van der Waals surface area contributed by atoms with Crippen LogP contribution < -0.4 is 30.9 Å². The van der Waals surface area contributed by atoms with Gasteiger partial charge in [-0.1, -0.05) is 18.2 Å². The summed E-state index contributed by atoms with van der Waals surface area (Å²) in [7, 11) is 0. The Morgan fingerprint density at radius 2 is 1.54 bits per heavy atom. The van der Waals surface area contributed by atoms with Gasteiger partial charge in [-0.3, -0.25) is 9.59 Å². The third kappa shape index (κ3) is 6.98. The minimum Gasteiger partial charge on any atom is -0.438 e. The standard InChI is InChI=1S/C31H33N7O3/c1-20-5-4-6-21(2)28(20)36-29(40)27-19-33-31(35-24-7-11-25(12-8-24)38-17-15-32-16-18-38)37-30(27)41-26-13-9-23(10-14-26)34-22(3)39/h4-14,19,32H,15-18H2,1-3H3,(H,34,39)(H,36,40)(H,33,35,37). The first-order valence-corrected chi connectivity index (χ1v) is 13.5. The van der Waals surface area contributed by atoms with E-state index in [2.05, 4.69) is 48.3 Å². The van der Waals surface area contributed by atoms with Crippen molar-refractivity contribution in [1.29, 1.82) is 0 Å². The number of ether oxygens (including phenoxy) is 1. The third-order valence-corrected chi connectivity index (χ3v) is 6.71. The first kappa shape index (κ1) is 27.6. The second kappa shape index (κ2) is 12.5. The fourth-order valence-corrected chi connectivity index (χ4v) is 4.58. The highest BCUT2D eigenvalue weighted by atomic mass is 16.5. The lowest BCUT2D eigenvalue weighted by atomic mass is 10.1. The van der Waals surface area contributed by atoms with Gasteiger partial charge >= 0.3 is 0 Å². The molecule has 0 radical (unpaired) electrons. The van der Waals surface area contributed by atoms with E-state index in [-0.39, 0.29) is 29.2 Å². The van der Waals surface area contributed by atoms with Crippen molar-refractivity contribution in [2.45, 2.75) is 20.8 Å². The van der Waals surface area contributed by atoms with Gasteiger partial charge in [-0.2, -0.15) is 4.98 Å². The SMILES string of the molecule is CC(=O)Nc1ccc(Oc2nc(Nc3ccc(N4CCNCC4)cc3)ncc2C(=O)Nc2c(C)cccc2C)cc1. The van der Waals surface area contributed by atoms with Crippen molar-refractivity contribution in [1.82, 2.24) is 15.3 Å². The molecule has 1 aromatic heterocycles. The second-order valence-electron chi connectivity index (χ2n) is 9.85. The molecule has 3 aromatic carbocycles. The van der Waals surface area contributed by atoms with Gasteiger partial charge in [0.2, 0.25) is 17.7 Å². The number of aromatic nitrogens is 2. The molecular formula is C31H33N7O3. The van der Waals surface area contributed by atoms with Gasteiger partial charge in [0.05, 0.1) is 0 Å². The maximum absolute atomic E-state index is 13.4. The van der Waals surface area contributed by atoms with E-state index >= 15 is 0 Å². The molecular weight excluding hydrogens is 518 g/mol. The molecule has 10 nitrogen and oxygen atoms in total. The molecule has 4 N–H and O–H groups in total. The van der Waals surface area contributed by atoms with Crippen molar-refractivity contribution in [2.24, 2.45) is 0 Å². The lowest BCUT2D eigenvalue weighted by molar-refractivity contribution is -0.114. The number of piperazine rings is 1. The normalized spacial score (nSPS) is 12.9. The summed E-state index contributed by atoms with van der Waals surface area (Å²) in [5.74, 6) is 0.269. The van der Waals surface area contributed by atoms with Crippen molar-refractivity contribution in [3.05, 3.63) is 89.6 Å². The summed E-state index contributed by atoms with van der Waals surface area (Å²) >= 11 is 0. The van der Waals surface area contributed by atoms with Crippen LogP contribution in [0.4, 0.5) is 28.7 Å². The highest BCUT2D eigenvalue weighted by Crippen LogP contribution is 2.29. The number of carbonyl (C=O) groups excluding carboxylic acids is 2. The van der Waals surface area contributed by atoms with Crippen LogP contribution in [0, 0.1) is 13.8 Å². The van der Waals surface area contributed by atoms with Crippen LogP contribution in [-0.2, 0) is 4.79 Å². The number of rotatable bonds is 8. The Hall–Kier alpha value is -4.96. The Balaban J connectivity index is 1.40. The quantitative estimate of drug-likeness (QED) is 0.234. The van der Waals surface area contributed by atoms with Crippen LogP contribution in [0.3, 0.4) is 0 Å². The lowest BCUT2D eigenvalue weighted by Crippen LogP contribution is -2.43. The molecule has 0 atom stereocenters. The minimum absolute atomic E-state index is 0.0935. The highest BCUT2D eigenvalue weighted by Gasteiger charge is 2.19. The zero-order valence-electron chi connectivity index (χ0n) is 23.3. The number of amides is 2. The number of aryl methyl sites for hydroxylation is 2. The Bertz CT molecular complexity index is 1510. The molecule has 1 aliphatic rings. The summed E-state index contributed by atoms with van der Waals surface area (Å²) in [5.41, 5.74) is 5.39. The van der Waals surface area contributed by atoms with Crippen molar-refractivity contribution < 1.29 is 14.3 Å². The van der Waals surface area contributed by atoms with Crippen molar-refractivity contribution in [3.63, 3.8) is 0 Å². The lowest BCUT2D eigenvalue weighted by Gasteiger charge is -2.29. The molecule has 5 rings (SSSR count). The maximum atomic E-state index is 13.4. The molecule has 1 saturated heterocycles. The topological polar surface area (TPSA) is 121 Å². The largest absolute Gasteiger partial charge is 0.438 e. The Labute approximate surface area is 239 Å². The van der Waals surface area contributed by atoms with Crippen LogP contribution in [0.2, 0.25) is 0 Å². The number of anilines is 5. The molecule has 0 saturated carbocycles. The average Bonchev–Trinajstić information content (AvgIpc) is 2.97. The Morgan fingerprint density at radius 3 is 2.20 bits per heavy atom. The number of carbonyl (C=O) groups is 2. The molecule has 1 fully saturated rings. The number of nitrogens with zero attached hydrogens (tertiary/aromatic N) is 3. The zero-order valence-corrected chi connectivity index (χ0v) is 23.3. The van der Waals surface area contributed by atoms with E-state index in [1.807, 2.05) is 44.2 Å². The molecule has 210 valence electrons. The fourth-order valence-electron chi connectivity index (χ4n) is 4.58. The van der Waals surface area contributed by atoms with Gasteiger partial charge < -0.3 is 30.9 Å². The number of hydrogen-bond acceptors (Lipinski definition) is 8. The third-order valence-electron chi connectivity index (χ3n) is 6.71. The summed E-state index contributed by atoms with van der Waals surface area (Å²) in [5, 5.41) is 12.3. The molecule has 10 heteroatoms. The number of nitrogens with one attached hydrogen (secondary N) is 4. The Morgan fingerprint density at radius 1 is 0.878 bits per heavy atom. The first-order valence-electron chi connectivity index (χ1n) is 13.5. The van der Waals surface area contributed by atoms with E-state index in [0.717, 1.165) is 54.4 Å². The highest BCUT2D eigenvalue weighted by molar-refractivity contribution is 6.06. The van der Waals surface area contributed by atoms with Gasteiger partial charge in [-0.15, -0.1) is 0 Å². The van der Waals surface area contributed by atoms with Gasteiger partial charge in [-0.25, -0.2) is 4.98 Å².